The molecule has 0 spiro atoms. The van der Waals surface area contributed by atoms with Gasteiger partial charge in [-0.3, -0.25) is 14.9 Å². The first-order chi connectivity index (χ1) is 6.89. The van der Waals surface area contributed by atoms with E-state index in [1.54, 1.807) is 0 Å². The Balaban J connectivity index is 2.91. The molecule has 1 rings (SSSR count). The van der Waals surface area contributed by atoms with Crippen molar-refractivity contribution in [3.63, 3.8) is 0 Å². The number of aliphatic hydroxyl groups is 1. The molecule has 3 atom stereocenters. The maximum atomic E-state index is 10.9. The van der Waals surface area contributed by atoms with Gasteiger partial charge in [-0.25, -0.2) is 0 Å². The maximum absolute atomic E-state index is 10.9. The largest absolute Gasteiger partial charge is 0.455 e. The number of rotatable bonds is 2. The monoisotopic (exact) mass is 217 g/mol. The van der Waals surface area contributed by atoms with Crippen LogP contribution in [0.4, 0.5) is 0 Å². The number of ether oxygens (including phenoxy) is 1. The summed E-state index contributed by atoms with van der Waals surface area (Å²) in [5.74, 6) is -0.554. The van der Waals surface area contributed by atoms with Gasteiger partial charge in [0.05, 0.1) is 0 Å². The molecule has 0 aromatic rings. The lowest BCUT2D eigenvalue weighted by Gasteiger charge is -2.36. The van der Waals surface area contributed by atoms with Gasteiger partial charge < -0.3 is 9.84 Å². The molecule has 0 aliphatic heterocycles. The van der Waals surface area contributed by atoms with Gasteiger partial charge in [0, 0.05) is 18.8 Å². The summed E-state index contributed by atoms with van der Waals surface area (Å²) in [6.45, 7) is 2.53. The molecule has 1 aliphatic carbocycles. The summed E-state index contributed by atoms with van der Waals surface area (Å²) in [6, 6.07) is 0. The zero-order chi connectivity index (χ0) is 11.6. The van der Waals surface area contributed by atoms with Crippen LogP contribution in [0.15, 0.2) is 0 Å². The van der Waals surface area contributed by atoms with Crippen molar-refractivity contribution in [2.24, 2.45) is 0 Å². The zero-order valence-electron chi connectivity index (χ0n) is 8.80. The fourth-order valence-electron chi connectivity index (χ4n) is 1.91. The standard InChI is InChI=1S/C9H15NO5/c1-6(11)15-8-5-3-4-7(12)9(8,2)10(13)14/h7-8,12H,3-5H2,1-2H3. The number of hydrogen-bond donors (Lipinski definition) is 1. The van der Waals surface area contributed by atoms with E-state index < -0.39 is 28.6 Å². The molecule has 0 bridgehead atoms. The van der Waals surface area contributed by atoms with Crippen LogP contribution in [0.5, 0.6) is 0 Å². The quantitative estimate of drug-likeness (QED) is 0.413. The van der Waals surface area contributed by atoms with Crippen LogP contribution in [0, 0.1) is 10.1 Å². The SMILES string of the molecule is CC(=O)OC1CCCC(O)C1(C)[N+](=O)[O-]. The number of aliphatic hydroxyl groups excluding tert-OH is 1. The first kappa shape index (κ1) is 11.9. The van der Waals surface area contributed by atoms with Crippen molar-refractivity contribution in [1.29, 1.82) is 0 Å². The van der Waals surface area contributed by atoms with Gasteiger partial charge in [-0.2, -0.15) is 0 Å². The van der Waals surface area contributed by atoms with E-state index in [9.17, 15) is 20.0 Å². The van der Waals surface area contributed by atoms with Crippen molar-refractivity contribution in [1.82, 2.24) is 0 Å². The second-order valence-corrected chi connectivity index (χ2v) is 4.03. The molecule has 0 aromatic heterocycles. The summed E-state index contributed by atoms with van der Waals surface area (Å²) in [7, 11) is 0. The molecule has 1 fully saturated rings. The summed E-state index contributed by atoms with van der Waals surface area (Å²) in [5, 5.41) is 20.6. The van der Waals surface area contributed by atoms with Crippen LogP contribution in [0.2, 0.25) is 0 Å². The molecule has 0 saturated heterocycles. The van der Waals surface area contributed by atoms with E-state index in [0.29, 0.717) is 19.3 Å². The Kier molecular flexibility index (Phi) is 3.28. The minimum absolute atomic E-state index is 0.370. The lowest BCUT2D eigenvalue weighted by atomic mass is 9.78. The van der Waals surface area contributed by atoms with Crippen molar-refractivity contribution < 1.29 is 19.6 Å². The summed E-state index contributed by atoms with van der Waals surface area (Å²) in [4.78, 5) is 21.2. The first-order valence-corrected chi connectivity index (χ1v) is 4.88. The first-order valence-electron chi connectivity index (χ1n) is 4.88. The fourth-order valence-corrected chi connectivity index (χ4v) is 1.91. The summed E-state index contributed by atoms with van der Waals surface area (Å²) in [5.41, 5.74) is -1.58. The van der Waals surface area contributed by atoms with E-state index in [1.165, 1.54) is 13.8 Å². The highest BCUT2D eigenvalue weighted by molar-refractivity contribution is 5.66. The minimum Gasteiger partial charge on any atom is -0.455 e. The third kappa shape index (κ3) is 2.09. The summed E-state index contributed by atoms with van der Waals surface area (Å²) >= 11 is 0. The predicted molar refractivity (Wildman–Crippen MR) is 50.8 cm³/mol. The second-order valence-electron chi connectivity index (χ2n) is 4.03. The molecule has 1 saturated carbocycles. The van der Waals surface area contributed by atoms with Crippen LogP contribution in [-0.4, -0.2) is 33.7 Å². The predicted octanol–water partition coefficient (Wildman–Crippen LogP) is 0.498. The summed E-state index contributed by atoms with van der Waals surface area (Å²) < 4.78 is 4.90. The van der Waals surface area contributed by atoms with Crippen LogP contribution in [0.3, 0.4) is 0 Å². The zero-order valence-corrected chi connectivity index (χ0v) is 8.80. The molecular weight excluding hydrogens is 202 g/mol. The Morgan fingerprint density at radius 1 is 1.60 bits per heavy atom. The smallest absolute Gasteiger partial charge is 0.303 e. The van der Waals surface area contributed by atoms with Gasteiger partial charge in [-0.05, 0) is 19.3 Å². The Morgan fingerprint density at radius 2 is 2.20 bits per heavy atom. The van der Waals surface area contributed by atoms with E-state index in [4.69, 9.17) is 4.74 Å². The minimum atomic E-state index is -1.58. The lowest BCUT2D eigenvalue weighted by Crippen LogP contribution is -2.59. The number of esters is 1. The van der Waals surface area contributed by atoms with Crippen molar-refractivity contribution in [3.05, 3.63) is 10.1 Å². The van der Waals surface area contributed by atoms with E-state index in [2.05, 4.69) is 0 Å². The summed E-state index contributed by atoms with van der Waals surface area (Å²) in [6.07, 6.45) is -0.481. The molecule has 0 amide bonds. The molecule has 6 nitrogen and oxygen atoms in total. The average Bonchev–Trinajstić information content (AvgIpc) is 2.12. The number of carbonyl (C=O) groups is 1. The third-order valence-corrected chi connectivity index (χ3v) is 2.97. The molecule has 0 aromatic carbocycles. The molecule has 86 valence electrons. The van der Waals surface area contributed by atoms with E-state index >= 15 is 0 Å². The second kappa shape index (κ2) is 4.14. The van der Waals surface area contributed by atoms with Gasteiger partial charge in [0.2, 0.25) is 0 Å². The number of nitro groups is 1. The Morgan fingerprint density at radius 3 is 2.67 bits per heavy atom. The lowest BCUT2D eigenvalue weighted by molar-refractivity contribution is -0.593. The van der Waals surface area contributed by atoms with Crippen LogP contribution < -0.4 is 0 Å². The number of nitrogens with zero attached hydrogens (tertiary/aromatic N) is 1. The normalized spacial score (nSPS) is 35.9. The van der Waals surface area contributed by atoms with Gasteiger partial charge in [0.25, 0.3) is 5.54 Å². The molecule has 1 N–H and O–H groups in total. The van der Waals surface area contributed by atoms with Crippen molar-refractivity contribution in [3.8, 4) is 0 Å². The van der Waals surface area contributed by atoms with Gasteiger partial charge in [0.15, 0.2) is 6.10 Å². The highest BCUT2D eigenvalue weighted by atomic mass is 16.6. The molecule has 6 heteroatoms. The molecule has 15 heavy (non-hydrogen) atoms. The number of carbonyl (C=O) groups excluding carboxylic acids is 1. The van der Waals surface area contributed by atoms with Crippen molar-refractivity contribution in [2.75, 3.05) is 0 Å². The van der Waals surface area contributed by atoms with Crippen LogP contribution >= 0.6 is 0 Å². The molecule has 1 aliphatic rings. The fraction of sp³-hybridized carbons (Fsp3) is 0.889. The molecule has 0 radical (unpaired) electrons. The van der Waals surface area contributed by atoms with Gasteiger partial charge in [-0.1, -0.05) is 0 Å². The third-order valence-electron chi connectivity index (χ3n) is 2.97. The maximum Gasteiger partial charge on any atom is 0.303 e. The van der Waals surface area contributed by atoms with Crippen LogP contribution in [0.1, 0.15) is 33.1 Å². The Bertz CT molecular complexity index is 280. The topological polar surface area (TPSA) is 89.7 Å². The average molecular weight is 217 g/mol. The van der Waals surface area contributed by atoms with Crippen molar-refractivity contribution in [2.45, 2.75) is 50.9 Å². The highest BCUT2D eigenvalue weighted by Crippen LogP contribution is 2.33. The van der Waals surface area contributed by atoms with E-state index in [-0.39, 0.29) is 0 Å². The molecule has 0 heterocycles. The van der Waals surface area contributed by atoms with Crippen LogP contribution in [-0.2, 0) is 9.53 Å². The Labute approximate surface area is 87.4 Å². The van der Waals surface area contributed by atoms with Gasteiger partial charge in [0.1, 0.15) is 6.10 Å². The van der Waals surface area contributed by atoms with Crippen LogP contribution in [0.25, 0.3) is 0 Å². The van der Waals surface area contributed by atoms with E-state index in [0.717, 1.165) is 0 Å². The van der Waals surface area contributed by atoms with Gasteiger partial charge in [-0.15, -0.1) is 0 Å². The van der Waals surface area contributed by atoms with Crippen molar-refractivity contribution >= 4 is 5.97 Å². The molecule has 3 unspecified atom stereocenters. The van der Waals surface area contributed by atoms with Gasteiger partial charge >= 0.3 is 5.97 Å². The molecular formula is C9H15NO5. The van der Waals surface area contributed by atoms with E-state index in [1.807, 2.05) is 0 Å². The number of hydrogen-bond acceptors (Lipinski definition) is 5. The highest BCUT2D eigenvalue weighted by Gasteiger charge is 2.56. The Hall–Kier alpha value is -1.17.